The van der Waals surface area contributed by atoms with Gasteiger partial charge in [0.15, 0.2) is 0 Å². The third kappa shape index (κ3) is 5.31. The molecule has 1 aromatic carbocycles. The lowest BCUT2D eigenvalue weighted by Gasteiger charge is -2.33. The van der Waals surface area contributed by atoms with E-state index in [1.807, 2.05) is 6.20 Å². The van der Waals surface area contributed by atoms with Crippen LogP contribution in [0.4, 0.5) is 5.82 Å². The highest BCUT2D eigenvalue weighted by Crippen LogP contribution is 2.17. The van der Waals surface area contributed by atoms with Crippen LogP contribution in [-0.2, 0) is 13.1 Å². The molecule has 1 aromatic heterocycles. The van der Waals surface area contributed by atoms with Crippen molar-refractivity contribution in [1.82, 2.24) is 20.1 Å². The summed E-state index contributed by atoms with van der Waals surface area (Å²) < 4.78 is 0. The SMILES string of the molecule is CN1CCN(c2cc(CNC3CCN(Cc4ccccc4)CC3)ccn2)CC1. The second-order valence-electron chi connectivity index (χ2n) is 8.23. The molecule has 0 unspecified atom stereocenters. The largest absolute Gasteiger partial charge is 0.354 e. The van der Waals surface area contributed by atoms with Gasteiger partial charge in [-0.2, -0.15) is 0 Å². The van der Waals surface area contributed by atoms with Crippen molar-refractivity contribution in [2.24, 2.45) is 0 Å². The summed E-state index contributed by atoms with van der Waals surface area (Å²) in [6, 6.07) is 15.8. The molecular weight excluding hydrogens is 346 g/mol. The Morgan fingerprint density at radius 2 is 1.68 bits per heavy atom. The highest BCUT2D eigenvalue weighted by molar-refractivity contribution is 5.41. The summed E-state index contributed by atoms with van der Waals surface area (Å²) in [7, 11) is 2.19. The smallest absolute Gasteiger partial charge is 0.128 e. The maximum atomic E-state index is 4.61. The van der Waals surface area contributed by atoms with Gasteiger partial charge in [-0.05, 0) is 56.2 Å². The van der Waals surface area contributed by atoms with Crippen LogP contribution in [0.1, 0.15) is 24.0 Å². The van der Waals surface area contributed by atoms with Gasteiger partial charge in [-0.1, -0.05) is 30.3 Å². The Bertz CT molecular complexity index is 719. The molecule has 0 amide bonds. The van der Waals surface area contributed by atoms with Crippen LogP contribution < -0.4 is 10.2 Å². The van der Waals surface area contributed by atoms with Crippen molar-refractivity contribution >= 4 is 5.82 Å². The van der Waals surface area contributed by atoms with Gasteiger partial charge in [-0.15, -0.1) is 0 Å². The van der Waals surface area contributed by atoms with E-state index in [0.29, 0.717) is 6.04 Å². The molecule has 1 N–H and O–H groups in total. The quantitative estimate of drug-likeness (QED) is 0.835. The maximum Gasteiger partial charge on any atom is 0.128 e. The van der Waals surface area contributed by atoms with Crippen molar-refractivity contribution in [3.05, 3.63) is 59.8 Å². The van der Waals surface area contributed by atoms with Gasteiger partial charge in [0, 0.05) is 51.5 Å². The number of piperazine rings is 1. The van der Waals surface area contributed by atoms with Crippen molar-refractivity contribution in [3.8, 4) is 0 Å². The summed E-state index contributed by atoms with van der Waals surface area (Å²) in [5.41, 5.74) is 2.76. The van der Waals surface area contributed by atoms with Crippen LogP contribution in [0.5, 0.6) is 0 Å². The molecule has 2 saturated heterocycles. The monoisotopic (exact) mass is 379 g/mol. The van der Waals surface area contributed by atoms with E-state index in [1.54, 1.807) is 0 Å². The number of benzene rings is 1. The minimum Gasteiger partial charge on any atom is -0.354 e. The van der Waals surface area contributed by atoms with Crippen LogP contribution in [0, 0.1) is 0 Å². The van der Waals surface area contributed by atoms with Gasteiger partial charge < -0.3 is 15.1 Å². The summed E-state index contributed by atoms with van der Waals surface area (Å²) in [4.78, 5) is 12.0. The lowest BCUT2D eigenvalue weighted by molar-refractivity contribution is 0.190. The molecule has 2 aromatic rings. The van der Waals surface area contributed by atoms with Crippen molar-refractivity contribution in [3.63, 3.8) is 0 Å². The Kier molecular flexibility index (Phi) is 6.57. The maximum absolute atomic E-state index is 4.61. The van der Waals surface area contributed by atoms with Gasteiger partial charge >= 0.3 is 0 Å². The number of rotatable bonds is 6. The molecule has 28 heavy (non-hydrogen) atoms. The zero-order valence-electron chi connectivity index (χ0n) is 17.1. The summed E-state index contributed by atoms with van der Waals surface area (Å²) >= 11 is 0. The van der Waals surface area contributed by atoms with E-state index in [1.165, 1.54) is 37.1 Å². The molecule has 150 valence electrons. The van der Waals surface area contributed by atoms with Crippen molar-refractivity contribution in [2.75, 3.05) is 51.2 Å². The Balaban J connectivity index is 1.23. The number of hydrogen-bond donors (Lipinski definition) is 1. The fourth-order valence-corrected chi connectivity index (χ4v) is 4.18. The van der Waals surface area contributed by atoms with Gasteiger partial charge in [0.1, 0.15) is 5.82 Å². The zero-order valence-corrected chi connectivity index (χ0v) is 17.1. The van der Waals surface area contributed by atoms with Crippen molar-refractivity contribution in [2.45, 2.75) is 32.0 Å². The van der Waals surface area contributed by atoms with Crippen LogP contribution in [0.3, 0.4) is 0 Å². The number of nitrogens with one attached hydrogen (secondary N) is 1. The topological polar surface area (TPSA) is 34.6 Å². The first-order chi connectivity index (χ1) is 13.8. The number of anilines is 1. The minimum atomic E-state index is 0.618. The molecule has 5 nitrogen and oxygen atoms in total. The van der Waals surface area contributed by atoms with E-state index < -0.39 is 0 Å². The molecule has 0 saturated carbocycles. The zero-order chi connectivity index (χ0) is 19.2. The van der Waals surface area contributed by atoms with Gasteiger partial charge in [0.25, 0.3) is 0 Å². The number of aromatic nitrogens is 1. The lowest BCUT2D eigenvalue weighted by atomic mass is 10.0. The molecule has 4 rings (SSSR count). The number of nitrogens with zero attached hydrogens (tertiary/aromatic N) is 4. The Morgan fingerprint density at radius 1 is 0.929 bits per heavy atom. The Morgan fingerprint density at radius 3 is 2.43 bits per heavy atom. The Hall–Kier alpha value is -1.95. The lowest BCUT2D eigenvalue weighted by Crippen LogP contribution is -2.44. The highest BCUT2D eigenvalue weighted by Gasteiger charge is 2.19. The molecular formula is C23H33N5. The van der Waals surface area contributed by atoms with E-state index in [2.05, 4.69) is 74.5 Å². The number of likely N-dealkylation sites (tertiary alicyclic amines) is 1. The van der Waals surface area contributed by atoms with Gasteiger partial charge in [0.2, 0.25) is 0 Å². The molecule has 0 atom stereocenters. The van der Waals surface area contributed by atoms with E-state index in [4.69, 9.17) is 0 Å². The summed E-state index contributed by atoms with van der Waals surface area (Å²) in [6.07, 6.45) is 4.42. The van der Waals surface area contributed by atoms with E-state index >= 15 is 0 Å². The molecule has 2 fully saturated rings. The molecule has 0 bridgehead atoms. The molecule has 2 aliphatic rings. The summed E-state index contributed by atoms with van der Waals surface area (Å²) in [5.74, 6) is 1.13. The number of likely N-dealkylation sites (N-methyl/N-ethyl adjacent to an activating group) is 1. The predicted molar refractivity (Wildman–Crippen MR) is 116 cm³/mol. The van der Waals surface area contributed by atoms with Crippen LogP contribution in [-0.4, -0.2) is 67.1 Å². The number of pyridine rings is 1. The first-order valence-corrected chi connectivity index (χ1v) is 10.6. The van der Waals surface area contributed by atoms with Crippen LogP contribution in [0.25, 0.3) is 0 Å². The molecule has 3 heterocycles. The second kappa shape index (κ2) is 9.50. The average Bonchev–Trinajstić information content (AvgIpc) is 2.75. The molecule has 0 radical (unpaired) electrons. The highest BCUT2D eigenvalue weighted by atomic mass is 15.3. The van der Waals surface area contributed by atoms with Crippen LogP contribution in [0.15, 0.2) is 48.7 Å². The fraction of sp³-hybridized carbons (Fsp3) is 0.522. The van der Waals surface area contributed by atoms with Gasteiger partial charge in [0.05, 0.1) is 0 Å². The minimum absolute atomic E-state index is 0.618. The second-order valence-corrected chi connectivity index (χ2v) is 8.23. The molecule has 5 heteroatoms. The van der Waals surface area contributed by atoms with Crippen LogP contribution in [0.2, 0.25) is 0 Å². The van der Waals surface area contributed by atoms with Crippen molar-refractivity contribution in [1.29, 1.82) is 0 Å². The normalized spacial score (nSPS) is 19.8. The van der Waals surface area contributed by atoms with Gasteiger partial charge in [-0.3, -0.25) is 4.90 Å². The third-order valence-corrected chi connectivity index (χ3v) is 6.07. The standard InChI is InChI=1S/C23H33N5/c1-26-13-15-28(16-14-26)23-17-21(7-10-24-23)18-25-22-8-11-27(12-9-22)19-20-5-3-2-4-6-20/h2-7,10,17,22,25H,8-9,11-16,18-19H2,1H3. The molecule has 2 aliphatic heterocycles. The van der Waals surface area contributed by atoms with Crippen molar-refractivity contribution < 1.29 is 0 Å². The number of hydrogen-bond acceptors (Lipinski definition) is 5. The molecule has 0 spiro atoms. The molecule has 0 aliphatic carbocycles. The van der Waals surface area contributed by atoms with E-state index in [-0.39, 0.29) is 0 Å². The van der Waals surface area contributed by atoms with E-state index in [0.717, 1.165) is 45.1 Å². The van der Waals surface area contributed by atoms with E-state index in [9.17, 15) is 0 Å². The fourth-order valence-electron chi connectivity index (χ4n) is 4.18. The predicted octanol–water partition coefficient (Wildman–Crippen LogP) is 2.59. The first-order valence-electron chi connectivity index (χ1n) is 10.6. The first kappa shape index (κ1) is 19.4. The van der Waals surface area contributed by atoms with Gasteiger partial charge in [-0.25, -0.2) is 4.98 Å². The third-order valence-electron chi connectivity index (χ3n) is 6.07. The van der Waals surface area contributed by atoms with Crippen LogP contribution >= 0.6 is 0 Å². The Labute approximate surface area is 169 Å². The summed E-state index contributed by atoms with van der Waals surface area (Å²) in [5, 5.41) is 3.78. The number of piperidine rings is 1. The summed E-state index contributed by atoms with van der Waals surface area (Å²) in [6.45, 7) is 8.74. The average molecular weight is 380 g/mol.